The zero-order chi connectivity index (χ0) is 24.0. The van der Waals surface area contributed by atoms with Crippen LogP contribution in [-0.4, -0.2) is 36.8 Å². The minimum absolute atomic E-state index is 0.207. The Bertz CT molecular complexity index is 915. The second kappa shape index (κ2) is 10.9. The van der Waals surface area contributed by atoms with Crippen molar-refractivity contribution >= 4 is 40.6 Å². The molecular formula is C27H42O2Si3. The highest BCUT2D eigenvalue weighted by Crippen LogP contribution is 2.21. The first-order valence-corrected chi connectivity index (χ1v) is 21.6. The van der Waals surface area contributed by atoms with Crippen LogP contribution in [0.25, 0.3) is 0 Å². The SMILES string of the molecule is C=C[Si](C)(C)CC[Si](C)(C)c1ccc([Si](C)(C)CCCOC(=O)c2ccccc2C)cc1. The summed E-state index contributed by atoms with van der Waals surface area (Å²) in [5, 5.41) is 3.06. The zero-order valence-corrected chi connectivity index (χ0v) is 24.3. The summed E-state index contributed by atoms with van der Waals surface area (Å²) in [6.45, 7) is 21.2. The summed E-state index contributed by atoms with van der Waals surface area (Å²) >= 11 is 0. The van der Waals surface area contributed by atoms with Crippen LogP contribution in [0.15, 0.2) is 60.8 Å². The summed E-state index contributed by atoms with van der Waals surface area (Å²) in [6, 6.07) is 21.0. The highest BCUT2D eigenvalue weighted by atomic mass is 28.3. The number of carbonyl (C=O) groups excluding carboxylic acids is 1. The van der Waals surface area contributed by atoms with Crippen LogP contribution in [0.5, 0.6) is 0 Å². The van der Waals surface area contributed by atoms with E-state index in [0.717, 1.165) is 18.0 Å². The minimum Gasteiger partial charge on any atom is -0.462 e. The monoisotopic (exact) mass is 482 g/mol. The van der Waals surface area contributed by atoms with E-state index >= 15 is 0 Å². The van der Waals surface area contributed by atoms with Crippen molar-refractivity contribution in [2.24, 2.45) is 0 Å². The van der Waals surface area contributed by atoms with Crippen molar-refractivity contribution in [3.8, 4) is 0 Å². The molecule has 2 aromatic carbocycles. The predicted octanol–water partition coefficient (Wildman–Crippen LogP) is 6.51. The van der Waals surface area contributed by atoms with Gasteiger partial charge in [0.1, 0.15) is 0 Å². The van der Waals surface area contributed by atoms with Gasteiger partial charge in [0.25, 0.3) is 0 Å². The molecule has 0 amide bonds. The van der Waals surface area contributed by atoms with Crippen LogP contribution in [0, 0.1) is 6.92 Å². The maximum Gasteiger partial charge on any atom is 0.338 e. The van der Waals surface area contributed by atoms with Crippen molar-refractivity contribution in [1.29, 1.82) is 0 Å². The summed E-state index contributed by atoms with van der Waals surface area (Å²) in [5.41, 5.74) is 3.87. The van der Waals surface area contributed by atoms with Crippen LogP contribution in [0.2, 0.25) is 57.4 Å². The Morgan fingerprint density at radius 2 is 1.38 bits per heavy atom. The van der Waals surface area contributed by atoms with E-state index in [4.69, 9.17) is 4.74 Å². The molecule has 0 fully saturated rings. The summed E-state index contributed by atoms with van der Waals surface area (Å²) in [4.78, 5) is 12.3. The van der Waals surface area contributed by atoms with Gasteiger partial charge in [0.05, 0.1) is 36.4 Å². The molecular weight excluding hydrogens is 441 g/mol. The summed E-state index contributed by atoms with van der Waals surface area (Å²) in [6.07, 6.45) is 0.917. The normalized spacial score (nSPS) is 12.5. The molecule has 0 aromatic heterocycles. The number of ether oxygens (including phenoxy) is 1. The van der Waals surface area contributed by atoms with E-state index in [0.29, 0.717) is 12.2 Å². The number of esters is 1. The van der Waals surface area contributed by atoms with E-state index < -0.39 is 24.2 Å². The quantitative estimate of drug-likeness (QED) is 0.207. The smallest absolute Gasteiger partial charge is 0.338 e. The van der Waals surface area contributed by atoms with Crippen LogP contribution in [0.3, 0.4) is 0 Å². The van der Waals surface area contributed by atoms with Gasteiger partial charge in [-0.25, -0.2) is 4.79 Å². The Hall–Kier alpha value is -1.70. The van der Waals surface area contributed by atoms with Gasteiger partial charge in [-0.3, -0.25) is 0 Å². The van der Waals surface area contributed by atoms with E-state index in [9.17, 15) is 4.79 Å². The van der Waals surface area contributed by atoms with Crippen molar-refractivity contribution in [3.05, 3.63) is 71.9 Å². The summed E-state index contributed by atoms with van der Waals surface area (Å²) in [7, 11) is -4.23. The Kier molecular flexibility index (Phi) is 9.08. The Morgan fingerprint density at radius 3 is 1.91 bits per heavy atom. The Morgan fingerprint density at radius 1 is 0.844 bits per heavy atom. The maximum absolute atomic E-state index is 12.3. The molecule has 2 aromatic rings. The summed E-state index contributed by atoms with van der Waals surface area (Å²) < 4.78 is 5.55. The fourth-order valence-corrected chi connectivity index (χ4v) is 13.0. The van der Waals surface area contributed by atoms with Crippen LogP contribution >= 0.6 is 0 Å². The number of hydrogen-bond donors (Lipinski definition) is 0. The Labute approximate surface area is 199 Å². The first kappa shape index (κ1) is 26.6. The molecule has 0 aliphatic heterocycles. The van der Waals surface area contributed by atoms with E-state index in [-0.39, 0.29) is 5.97 Å². The summed E-state index contributed by atoms with van der Waals surface area (Å²) in [5.74, 6) is -0.207. The van der Waals surface area contributed by atoms with Gasteiger partial charge in [-0.2, -0.15) is 0 Å². The fourth-order valence-electron chi connectivity index (χ4n) is 3.96. The van der Waals surface area contributed by atoms with Gasteiger partial charge < -0.3 is 4.74 Å². The lowest BCUT2D eigenvalue weighted by Gasteiger charge is -2.28. The number of hydrogen-bond acceptors (Lipinski definition) is 2. The van der Waals surface area contributed by atoms with E-state index in [1.54, 1.807) is 5.19 Å². The second-order valence-electron chi connectivity index (χ2n) is 11.1. The van der Waals surface area contributed by atoms with Crippen molar-refractivity contribution in [1.82, 2.24) is 0 Å². The fraction of sp³-hybridized carbons (Fsp3) is 0.444. The van der Waals surface area contributed by atoms with Gasteiger partial charge in [0.2, 0.25) is 0 Å². The first-order chi connectivity index (χ1) is 14.9. The molecule has 0 aliphatic rings. The van der Waals surface area contributed by atoms with Crippen LogP contribution in [-0.2, 0) is 4.74 Å². The largest absolute Gasteiger partial charge is 0.462 e. The third-order valence-corrected chi connectivity index (χ3v) is 17.0. The lowest BCUT2D eigenvalue weighted by atomic mass is 10.1. The second-order valence-corrected chi connectivity index (χ2v) is 25.7. The first-order valence-electron chi connectivity index (χ1n) is 11.9. The molecule has 0 heterocycles. The van der Waals surface area contributed by atoms with Crippen molar-refractivity contribution in [3.63, 3.8) is 0 Å². The minimum atomic E-state index is -1.56. The van der Waals surface area contributed by atoms with Gasteiger partial charge in [0.15, 0.2) is 0 Å². The van der Waals surface area contributed by atoms with Crippen LogP contribution in [0.1, 0.15) is 22.3 Å². The van der Waals surface area contributed by atoms with Crippen LogP contribution in [0.4, 0.5) is 0 Å². The average Bonchev–Trinajstić information content (AvgIpc) is 2.76. The molecule has 0 unspecified atom stereocenters. The molecule has 0 radical (unpaired) electrons. The molecule has 0 bridgehead atoms. The lowest BCUT2D eigenvalue weighted by Crippen LogP contribution is -2.46. The molecule has 32 heavy (non-hydrogen) atoms. The molecule has 0 N–H and O–H groups in total. The van der Waals surface area contributed by atoms with Gasteiger partial charge in [0, 0.05) is 0 Å². The van der Waals surface area contributed by atoms with Gasteiger partial charge in [-0.1, -0.05) is 110 Å². The lowest BCUT2D eigenvalue weighted by molar-refractivity contribution is 0.0504. The molecule has 0 saturated carbocycles. The third kappa shape index (κ3) is 7.42. The number of benzene rings is 2. The van der Waals surface area contributed by atoms with Gasteiger partial charge >= 0.3 is 5.97 Å². The van der Waals surface area contributed by atoms with Crippen LogP contribution < -0.4 is 10.4 Å². The van der Waals surface area contributed by atoms with Gasteiger partial charge in [-0.15, -0.1) is 12.3 Å². The molecule has 2 rings (SSSR count). The van der Waals surface area contributed by atoms with Crippen molar-refractivity contribution < 1.29 is 9.53 Å². The molecule has 0 atom stereocenters. The topological polar surface area (TPSA) is 26.3 Å². The maximum atomic E-state index is 12.3. The number of rotatable bonds is 11. The van der Waals surface area contributed by atoms with E-state index in [1.165, 1.54) is 17.3 Å². The third-order valence-electron chi connectivity index (χ3n) is 6.94. The number of aryl methyl sites for hydroxylation is 1. The highest BCUT2D eigenvalue weighted by Gasteiger charge is 2.28. The molecule has 0 aliphatic carbocycles. The average molecular weight is 483 g/mol. The van der Waals surface area contributed by atoms with Crippen molar-refractivity contribution in [2.75, 3.05) is 6.61 Å². The van der Waals surface area contributed by atoms with Crippen molar-refractivity contribution in [2.45, 2.75) is 70.8 Å². The van der Waals surface area contributed by atoms with Gasteiger partial charge in [-0.05, 0) is 25.0 Å². The predicted molar refractivity (Wildman–Crippen MR) is 149 cm³/mol. The van der Waals surface area contributed by atoms with E-state index in [2.05, 4.69) is 75.8 Å². The zero-order valence-electron chi connectivity index (χ0n) is 21.3. The molecule has 0 spiro atoms. The molecule has 5 heteroatoms. The molecule has 174 valence electrons. The standard InChI is InChI=1S/C27H42O2Si3/c1-9-30(3,4)21-22-32(7,8)25-17-15-24(16-18-25)31(5,6)20-12-19-29-27(28)26-14-11-10-13-23(26)2/h9-11,13-18H,1,12,19-22H2,2-8H3. The highest BCUT2D eigenvalue weighted by molar-refractivity contribution is 6.92. The Balaban J connectivity index is 1.91. The molecule has 0 saturated heterocycles. The van der Waals surface area contributed by atoms with E-state index in [1.807, 2.05) is 31.2 Å². The molecule has 2 nitrogen and oxygen atoms in total. The number of carbonyl (C=O) groups is 1.